The highest BCUT2D eigenvalue weighted by molar-refractivity contribution is 7.98. The van der Waals surface area contributed by atoms with Gasteiger partial charge in [0.25, 0.3) is 5.56 Å². The molecule has 3 heterocycles. The standard InChI is InChI=1S/C14H10N2O3S3/c17-12-6-9(10-2-1-5-20-10)15-14(16-12)21-7-8-3-4-11(22-8)13(18)19/h1-6H,7H2,(H,18,19)(H,15,16,17). The molecule has 5 nitrogen and oxygen atoms in total. The normalized spacial score (nSPS) is 10.7. The SMILES string of the molecule is O=C(O)c1ccc(CSc2nc(-c3cccs3)cc(=O)[nH]2)s1. The van der Waals surface area contributed by atoms with E-state index in [2.05, 4.69) is 9.97 Å². The van der Waals surface area contributed by atoms with Crippen molar-refractivity contribution >= 4 is 40.4 Å². The molecule has 22 heavy (non-hydrogen) atoms. The Morgan fingerprint density at radius 3 is 2.91 bits per heavy atom. The first kappa shape index (κ1) is 15.0. The molecule has 3 aromatic heterocycles. The van der Waals surface area contributed by atoms with E-state index in [1.807, 2.05) is 17.5 Å². The van der Waals surface area contributed by atoms with Gasteiger partial charge < -0.3 is 10.1 Å². The number of H-pyrrole nitrogens is 1. The maximum absolute atomic E-state index is 11.7. The van der Waals surface area contributed by atoms with Crippen LogP contribution in [0.4, 0.5) is 0 Å². The van der Waals surface area contributed by atoms with Gasteiger partial charge in [-0.1, -0.05) is 17.8 Å². The fourth-order valence-corrected chi connectivity index (χ4v) is 4.22. The first-order valence-corrected chi connectivity index (χ1v) is 8.90. The summed E-state index contributed by atoms with van der Waals surface area (Å²) in [5.41, 5.74) is 0.456. The lowest BCUT2D eigenvalue weighted by Crippen LogP contribution is -2.07. The largest absolute Gasteiger partial charge is 0.477 e. The number of rotatable bonds is 5. The summed E-state index contributed by atoms with van der Waals surface area (Å²) in [7, 11) is 0. The maximum atomic E-state index is 11.7. The summed E-state index contributed by atoms with van der Waals surface area (Å²) >= 11 is 4.13. The van der Waals surface area contributed by atoms with E-state index >= 15 is 0 Å². The van der Waals surface area contributed by atoms with E-state index in [4.69, 9.17) is 5.11 Å². The molecular weight excluding hydrogens is 340 g/mol. The fourth-order valence-electron chi connectivity index (χ4n) is 1.76. The van der Waals surface area contributed by atoms with Crippen LogP contribution in [0.25, 0.3) is 10.6 Å². The van der Waals surface area contributed by atoms with Crippen molar-refractivity contribution in [1.29, 1.82) is 0 Å². The third-order valence-electron chi connectivity index (χ3n) is 2.72. The van der Waals surface area contributed by atoms with Crippen LogP contribution in [-0.2, 0) is 5.75 Å². The molecule has 2 N–H and O–H groups in total. The van der Waals surface area contributed by atoms with Gasteiger partial charge in [-0.15, -0.1) is 22.7 Å². The minimum Gasteiger partial charge on any atom is -0.477 e. The lowest BCUT2D eigenvalue weighted by Gasteiger charge is -2.01. The van der Waals surface area contributed by atoms with Crippen molar-refractivity contribution in [3.63, 3.8) is 0 Å². The zero-order valence-electron chi connectivity index (χ0n) is 11.1. The molecule has 0 atom stereocenters. The Morgan fingerprint density at radius 1 is 1.36 bits per heavy atom. The summed E-state index contributed by atoms with van der Waals surface area (Å²) in [6, 6.07) is 8.67. The molecule has 0 saturated heterocycles. The summed E-state index contributed by atoms with van der Waals surface area (Å²) < 4.78 is 0. The Balaban J connectivity index is 1.77. The van der Waals surface area contributed by atoms with Crippen LogP contribution in [0.15, 0.2) is 45.7 Å². The number of carbonyl (C=O) groups is 1. The van der Waals surface area contributed by atoms with Crippen molar-refractivity contribution in [2.24, 2.45) is 0 Å². The van der Waals surface area contributed by atoms with Crippen molar-refractivity contribution in [3.8, 4) is 10.6 Å². The smallest absolute Gasteiger partial charge is 0.345 e. The van der Waals surface area contributed by atoms with Gasteiger partial charge in [-0.2, -0.15) is 0 Å². The molecule has 112 valence electrons. The van der Waals surface area contributed by atoms with Gasteiger partial charge in [0.15, 0.2) is 5.16 Å². The number of aromatic carboxylic acids is 1. The quantitative estimate of drug-likeness (QED) is 0.543. The molecule has 0 bridgehead atoms. The van der Waals surface area contributed by atoms with E-state index < -0.39 is 5.97 Å². The Morgan fingerprint density at radius 2 is 2.23 bits per heavy atom. The summed E-state index contributed by atoms with van der Waals surface area (Å²) in [6.07, 6.45) is 0. The molecule has 0 aromatic carbocycles. The first-order chi connectivity index (χ1) is 10.6. The van der Waals surface area contributed by atoms with Gasteiger partial charge in [-0.05, 0) is 23.6 Å². The van der Waals surface area contributed by atoms with Gasteiger partial charge in [0.2, 0.25) is 0 Å². The van der Waals surface area contributed by atoms with Crippen molar-refractivity contribution in [1.82, 2.24) is 9.97 Å². The molecule has 0 spiro atoms. The van der Waals surface area contributed by atoms with Crippen LogP contribution in [-0.4, -0.2) is 21.0 Å². The summed E-state index contributed by atoms with van der Waals surface area (Å²) in [4.78, 5) is 31.9. The number of thioether (sulfide) groups is 1. The van der Waals surface area contributed by atoms with Crippen molar-refractivity contribution < 1.29 is 9.90 Å². The Hall–Kier alpha value is -1.90. The van der Waals surface area contributed by atoms with Gasteiger partial charge in [0, 0.05) is 16.7 Å². The molecular formula is C14H10N2O3S3. The van der Waals surface area contributed by atoms with Gasteiger partial charge in [0.1, 0.15) is 4.88 Å². The zero-order valence-corrected chi connectivity index (χ0v) is 13.6. The molecule has 0 saturated carbocycles. The number of aromatic amines is 1. The highest BCUT2D eigenvalue weighted by Crippen LogP contribution is 2.27. The van der Waals surface area contributed by atoms with Crippen molar-refractivity contribution in [3.05, 3.63) is 55.8 Å². The third kappa shape index (κ3) is 3.46. The predicted octanol–water partition coefficient (Wildman–Crippen LogP) is 3.55. The van der Waals surface area contributed by atoms with Crippen LogP contribution in [0.5, 0.6) is 0 Å². The summed E-state index contributed by atoms with van der Waals surface area (Å²) in [6.45, 7) is 0. The molecule has 0 radical (unpaired) electrons. The fraction of sp³-hybridized carbons (Fsp3) is 0.0714. The number of thiophene rings is 2. The number of aromatic nitrogens is 2. The van der Waals surface area contributed by atoms with E-state index in [1.165, 1.54) is 40.5 Å². The summed E-state index contributed by atoms with van der Waals surface area (Å²) in [5, 5.41) is 11.4. The van der Waals surface area contributed by atoms with Crippen LogP contribution in [0.1, 0.15) is 14.5 Å². The minimum absolute atomic E-state index is 0.196. The first-order valence-electron chi connectivity index (χ1n) is 6.22. The number of hydrogen-bond donors (Lipinski definition) is 2. The van der Waals surface area contributed by atoms with Crippen LogP contribution < -0.4 is 5.56 Å². The van der Waals surface area contributed by atoms with Gasteiger partial charge in [-0.25, -0.2) is 9.78 Å². The number of carboxylic acids is 1. The molecule has 0 amide bonds. The van der Waals surface area contributed by atoms with Gasteiger partial charge in [-0.3, -0.25) is 4.79 Å². The monoisotopic (exact) mass is 350 g/mol. The van der Waals surface area contributed by atoms with Crippen LogP contribution in [0.2, 0.25) is 0 Å². The highest BCUT2D eigenvalue weighted by atomic mass is 32.2. The van der Waals surface area contributed by atoms with Crippen molar-refractivity contribution in [2.75, 3.05) is 0 Å². The number of carboxylic acid groups (broad SMARTS) is 1. The number of nitrogens with zero attached hydrogens (tertiary/aromatic N) is 1. The molecule has 0 aliphatic heterocycles. The van der Waals surface area contributed by atoms with Gasteiger partial charge >= 0.3 is 5.97 Å². The molecule has 8 heteroatoms. The molecule has 3 rings (SSSR count). The minimum atomic E-state index is -0.924. The summed E-state index contributed by atoms with van der Waals surface area (Å²) in [5.74, 6) is -0.359. The average molecular weight is 350 g/mol. The lowest BCUT2D eigenvalue weighted by atomic mass is 10.3. The zero-order chi connectivity index (χ0) is 15.5. The van der Waals surface area contributed by atoms with Gasteiger partial charge in [0.05, 0.1) is 10.6 Å². The maximum Gasteiger partial charge on any atom is 0.345 e. The third-order valence-corrected chi connectivity index (χ3v) is 5.79. The van der Waals surface area contributed by atoms with E-state index in [1.54, 1.807) is 12.1 Å². The second-order valence-corrected chi connectivity index (χ2v) is 7.35. The van der Waals surface area contributed by atoms with Crippen LogP contribution >= 0.6 is 34.4 Å². The van der Waals surface area contributed by atoms with E-state index in [9.17, 15) is 9.59 Å². The number of nitrogens with one attached hydrogen (secondary N) is 1. The second-order valence-electron chi connectivity index (χ2n) is 4.27. The topological polar surface area (TPSA) is 83.0 Å². The van der Waals surface area contributed by atoms with Crippen molar-refractivity contribution in [2.45, 2.75) is 10.9 Å². The molecule has 0 aliphatic carbocycles. The predicted molar refractivity (Wildman–Crippen MR) is 89.0 cm³/mol. The van der Waals surface area contributed by atoms with Crippen LogP contribution in [0, 0.1) is 0 Å². The Bertz CT molecular complexity index is 852. The van der Waals surface area contributed by atoms with E-state index in [-0.39, 0.29) is 5.56 Å². The molecule has 0 fully saturated rings. The Kier molecular flexibility index (Phi) is 4.41. The van der Waals surface area contributed by atoms with E-state index in [0.29, 0.717) is 21.5 Å². The molecule has 3 aromatic rings. The lowest BCUT2D eigenvalue weighted by molar-refractivity contribution is 0.0702. The number of hydrogen-bond acceptors (Lipinski definition) is 6. The Labute approximate surface area is 137 Å². The average Bonchev–Trinajstić information content (AvgIpc) is 3.16. The van der Waals surface area contributed by atoms with E-state index in [0.717, 1.165) is 9.75 Å². The van der Waals surface area contributed by atoms with Crippen LogP contribution in [0.3, 0.4) is 0 Å². The molecule has 0 aliphatic rings. The molecule has 0 unspecified atom stereocenters. The second kappa shape index (κ2) is 6.47. The highest BCUT2D eigenvalue weighted by Gasteiger charge is 2.09.